The number of nitrogens with two attached hydrogens (primary N) is 1. The SMILES string of the molecule is CN(CCOc1ccc(C(=N)N)cc1)C1CCSC1. The van der Waals surface area contributed by atoms with Crippen molar-refractivity contribution >= 4 is 17.6 Å². The fraction of sp³-hybridized carbons (Fsp3) is 0.500. The van der Waals surface area contributed by atoms with Crippen LogP contribution in [-0.2, 0) is 0 Å². The third-order valence-corrected chi connectivity index (χ3v) is 4.55. The molecule has 4 nitrogen and oxygen atoms in total. The number of nitrogens with zero attached hydrogens (tertiary/aromatic N) is 1. The van der Waals surface area contributed by atoms with E-state index in [1.165, 1.54) is 17.9 Å². The molecule has 5 heteroatoms. The summed E-state index contributed by atoms with van der Waals surface area (Å²) >= 11 is 2.03. The van der Waals surface area contributed by atoms with Crippen LogP contribution < -0.4 is 10.5 Å². The molecule has 1 heterocycles. The standard InChI is InChI=1S/C14H21N3OS/c1-17(12-6-9-19-10-12)7-8-18-13-4-2-11(3-5-13)14(15)16/h2-5,12H,6-10H2,1H3,(H3,15,16). The van der Waals surface area contributed by atoms with Crippen molar-refractivity contribution in [3.05, 3.63) is 29.8 Å². The van der Waals surface area contributed by atoms with Crippen LogP contribution in [0.15, 0.2) is 24.3 Å². The quantitative estimate of drug-likeness (QED) is 0.615. The number of hydrogen-bond donors (Lipinski definition) is 2. The summed E-state index contributed by atoms with van der Waals surface area (Å²) in [6, 6.07) is 8.06. The molecule has 0 saturated carbocycles. The Hall–Kier alpha value is -1.20. The fourth-order valence-corrected chi connectivity index (χ4v) is 3.39. The number of ether oxygens (including phenoxy) is 1. The third kappa shape index (κ3) is 4.14. The molecule has 19 heavy (non-hydrogen) atoms. The molecule has 0 aromatic heterocycles. The Labute approximate surface area is 118 Å². The summed E-state index contributed by atoms with van der Waals surface area (Å²) < 4.78 is 5.71. The average molecular weight is 279 g/mol. The molecule has 1 fully saturated rings. The molecule has 1 aromatic carbocycles. The summed E-state index contributed by atoms with van der Waals surface area (Å²) in [6.07, 6.45) is 1.29. The van der Waals surface area contributed by atoms with Gasteiger partial charge in [0.1, 0.15) is 18.2 Å². The van der Waals surface area contributed by atoms with Crippen molar-refractivity contribution in [2.24, 2.45) is 5.73 Å². The van der Waals surface area contributed by atoms with E-state index in [0.29, 0.717) is 12.6 Å². The first-order valence-corrected chi connectivity index (χ1v) is 7.67. The normalized spacial score (nSPS) is 18.7. The lowest BCUT2D eigenvalue weighted by atomic mass is 10.2. The molecule has 104 valence electrons. The van der Waals surface area contributed by atoms with E-state index in [1.807, 2.05) is 36.0 Å². The fourth-order valence-electron chi connectivity index (χ4n) is 2.09. The van der Waals surface area contributed by atoms with Crippen LogP contribution in [0.2, 0.25) is 0 Å². The number of rotatable bonds is 6. The second kappa shape index (κ2) is 6.82. The molecule has 3 N–H and O–H groups in total. The molecule has 2 rings (SSSR count). The summed E-state index contributed by atoms with van der Waals surface area (Å²) in [4.78, 5) is 2.38. The Morgan fingerprint density at radius 1 is 1.47 bits per heavy atom. The maximum absolute atomic E-state index is 7.32. The van der Waals surface area contributed by atoms with Gasteiger partial charge in [-0.3, -0.25) is 10.3 Å². The van der Waals surface area contributed by atoms with Gasteiger partial charge in [-0.1, -0.05) is 0 Å². The molecular formula is C14H21N3OS. The van der Waals surface area contributed by atoms with Crippen molar-refractivity contribution in [2.45, 2.75) is 12.5 Å². The third-order valence-electron chi connectivity index (χ3n) is 3.41. The van der Waals surface area contributed by atoms with E-state index >= 15 is 0 Å². The molecule has 1 aliphatic rings. The van der Waals surface area contributed by atoms with E-state index in [9.17, 15) is 0 Å². The van der Waals surface area contributed by atoms with Crippen LogP contribution in [0.1, 0.15) is 12.0 Å². The number of hydrogen-bond acceptors (Lipinski definition) is 4. The highest BCUT2D eigenvalue weighted by molar-refractivity contribution is 7.99. The van der Waals surface area contributed by atoms with E-state index in [1.54, 1.807) is 0 Å². The highest BCUT2D eigenvalue weighted by Gasteiger charge is 2.19. The predicted octanol–water partition coefficient (Wildman–Crippen LogP) is 1.79. The monoisotopic (exact) mass is 279 g/mol. The van der Waals surface area contributed by atoms with Gasteiger partial charge in [0.2, 0.25) is 0 Å². The van der Waals surface area contributed by atoms with Crippen LogP contribution in [0.3, 0.4) is 0 Å². The molecular weight excluding hydrogens is 258 g/mol. The number of amidine groups is 1. The van der Waals surface area contributed by atoms with Gasteiger partial charge in [-0.05, 0) is 43.5 Å². The van der Waals surface area contributed by atoms with E-state index in [-0.39, 0.29) is 5.84 Å². The van der Waals surface area contributed by atoms with Gasteiger partial charge in [-0.25, -0.2) is 0 Å². The zero-order chi connectivity index (χ0) is 13.7. The van der Waals surface area contributed by atoms with Crippen LogP contribution in [0.5, 0.6) is 5.75 Å². The first-order chi connectivity index (χ1) is 9.16. The summed E-state index contributed by atoms with van der Waals surface area (Å²) in [6.45, 7) is 1.64. The van der Waals surface area contributed by atoms with Crippen LogP contribution in [0, 0.1) is 5.41 Å². The van der Waals surface area contributed by atoms with Gasteiger partial charge < -0.3 is 10.5 Å². The molecule has 1 aliphatic heterocycles. The number of benzene rings is 1. The number of thioether (sulfide) groups is 1. The van der Waals surface area contributed by atoms with Gasteiger partial charge in [-0.15, -0.1) is 0 Å². The second-order valence-electron chi connectivity index (χ2n) is 4.78. The van der Waals surface area contributed by atoms with E-state index < -0.39 is 0 Å². The minimum atomic E-state index is 0.0880. The predicted molar refractivity (Wildman–Crippen MR) is 81.3 cm³/mol. The minimum Gasteiger partial charge on any atom is -0.492 e. The molecule has 1 saturated heterocycles. The lowest BCUT2D eigenvalue weighted by molar-refractivity contribution is 0.202. The van der Waals surface area contributed by atoms with E-state index in [4.69, 9.17) is 15.9 Å². The van der Waals surface area contributed by atoms with Crippen molar-refractivity contribution in [1.29, 1.82) is 5.41 Å². The Kier molecular flexibility index (Phi) is 5.10. The highest BCUT2D eigenvalue weighted by Crippen LogP contribution is 2.21. The topological polar surface area (TPSA) is 62.3 Å². The molecule has 1 aromatic rings. The van der Waals surface area contributed by atoms with E-state index in [0.717, 1.165) is 17.9 Å². The second-order valence-corrected chi connectivity index (χ2v) is 5.93. The summed E-state index contributed by atoms with van der Waals surface area (Å²) in [7, 11) is 2.17. The van der Waals surface area contributed by atoms with Crippen molar-refractivity contribution in [2.75, 3.05) is 31.7 Å². The van der Waals surface area contributed by atoms with Crippen molar-refractivity contribution in [3.63, 3.8) is 0 Å². The lowest BCUT2D eigenvalue weighted by Gasteiger charge is -2.23. The van der Waals surface area contributed by atoms with Crippen LogP contribution in [0.25, 0.3) is 0 Å². The molecule has 1 atom stereocenters. The number of nitrogens with one attached hydrogen (secondary N) is 1. The van der Waals surface area contributed by atoms with Crippen LogP contribution in [0.4, 0.5) is 0 Å². The Morgan fingerprint density at radius 2 is 2.21 bits per heavy atom. The lowest BCUT2D eigenvalue weighted by Crippen LogP contribution is -2.34. The molecule has 0 bridgehead atoms. The van der Waals surface area contributed by atoms with Crippen molar-refractivity contribution < 1.29 is 4.74 Å². The Bertz CT molecular complexity index is 415. The van der Waals surface area contributed by atoms with Crippen LogP contribution in [-0.4, -0.2) is 48.5 Å². The zero-order valence-electron chi connectivity index (χ0n) is 11.3. The molecule has 0 aliphatic carbocycles. The van der Waals surface area contributed by atoms with Gasteiger partial charge >= 0.3 is 0 Å². The first kappa shape index (κ1) is 14.2. The van der Waals surface area contributed by atoms with Crippen molar-refractivity contribution in [3.8, 4) is 5.75 Å². The molecule has 0 spiro atoms. The Morgan fingerprint density at radius 3 is 2.79 bits per heavy atom. The average Bonchev–Trinajstić information content (AvgIpc) is 2.93. The van der Waals surface area contributed by atoms with Crippen molar-refractivity contribution in [1.82, 2.24) is 4.90 Å². The Balaban J connectivity index is 1.74. The van der Waals surface area contributed by atoms with Gasteiger partial charge in [0.25, 0.3) is 0 Å². The molecule has 1 unspecified atom stereocenters. The smallest absolute Gasteiger partial charge is 0.122 e. The van der Waals surface area contributed by atoms with E-state index in [2.05, 4.69) is 11.9 Å². The van der Waals surface area contributed by atoms with Gasteiger partial charge in [-0.2, -0.15) is 11.8 Å². The highest BCUT2D eigenvalue weighted by atomic mass is 32.2. The summed E-state index contributed by atoms with van der Waals surface area (Å²) in [5.74, 6) is 3.44. The first-order valence-electron chi connectivity index (χ1n) is 6.52. The maximum Gasteiger partial charge on any atom is 0.122 e. The van der Waals surface area contributed by atoms with Gasteiger partial charge in [0, 0.05) is 23.9 Å². The maximum atomic E-state index is 7.32. The minimum absolute atomic E-state index is 0.0880. The van der Waals surface area contributed by atoms with Crippen LogP contribution >= 0.6 is 11.8 Å². The van der Waals surface area contributed by atoms with Gasteiger partial charge in [0.15, 0.2) is 0 Å². The molecule has 0 amide bonds. The number of nitrogen functional groups attached to an aromatic ring is 1. The number of likely N-dealkylation sites (N-methyl/N-ethyl adjacent to an activating group) is 1. The largest absolute Gasteiger partial charge is 0.492 e. The summed E-state index contributed by atoms with van der Waals surface area (Å²) in [5.41, 5.74) is 6.14. The van der Waals surface area contributed by atoms with Gasteiger partial charge in [0.05, 0.1) is 0 Å². The molecule has 0 radical (unpaired) electrons. The zero-order valence-corrected chi connectivity index (χ0v) is 12.1. The summed E-state index contributed by atoms with van der Waals surface area (Å²) in [5, 5.41) is 7.32.